The second-order valence-corrected chi connectivity index (χ2v) is 5.76. The molecule has 0 bridgehead atoms. The number of nitrogens with one attached hydrogen (secondary N) is 1. The molecule has 30 heavy (non-hydrogen) atoms. The van der Waals surface area contributed by atoms with E-state index in [-0.39, 0.29) is 30.2 Å². The molecule has 0 fully saturated rings. The van der Waals surface area contributed by atoms with E-state index in [0.29, 0.717) is 11.3 Å². The molecule has 0 aliphatic heterocycles. The van der Waals surface area contributed by atoms with Crippen LogP contribution in [0.1, 0.15) is 27.6 Å². The molecule has 0 saturated carbocycles. The van der Waals surface area contributed by atoms with Crippen molar-refractivity contribution in [3.8, 4) is 11.4 Å². The van der Waals surface area contributed by atoms with Crippen molar-refractivity contribution >= 4 is 12.0 Å². The monoisotopic (exact) mass is 422 g/mol. The Labute approximate surface area is 166 Å². The number of carbonyl (C=O) groups excluding carboxylic acids is 2. The summed E-state index contributed by atoms with van der Waals surface area (Å²) in [6.07, 6.45) is -2.90. The van der Waals surface area contributed by atoms with Gasteiger partial charge in [-0.15, -0.1) is 0 Å². The molecule has 0 radical (unpaired) electrons. The van der Waals surface area contributed by atoms with Crippen LogP contribution in [-0.2, 0) is 24.1 Å². The van der Waals surface area contributed by atoms with Gasteiger partial charge in [0.2, 0.25) is 5.82 Å². The summed E-state index contributed by atoms with van der Waals surface area (Å²) in [5.74, 6) is -2.47. The van der Waals surface area contributed by atoms with Crippen LogP contribution in [0, 0.1) is 0 Å². The van der Waals surface area contributed by atoms with E-state index in [2.05, 4.69) is 29.9 Å². The van der Waals surface area contributed by atoms with E-state index < -0.39 is 24.1 Å². The van der Waals surface area contributed by atoms with Gasteiger partial charge in [-0.1, -0.05) is 11.2 Å². The van der Waals surface area contributed by atoms with E-state index in [1.165, 1.54) is 24.5 Å². The molecule has 0 spiro atoms. The van der Waals surface area contributed by atoms with Gasteiger partial charge < -0.3 is 20.3 Å². The summed E-state index contributed by atoms with van der Waals surface area (Å²) in [6, 6.07) is 6.00. The summed E-state index contributed by atoms with van der Waals surface area (Å²) < 4.78 is 46.7. The largest absolute Gasteiger partial charge is 0.471 e. The van der Waals surface area contributed by atoms with E-state index in [9.17, 15) is 22.8 Å². The zero-order valence-electron chi connectivity index (χ0n) is 15.0. The number of carbonyl (C=O) groups is 2. The molecule has 0 aromatic carbocycles. The van der Waals surface area contributed by atoms with Gasteiger partial charge in [-0.3, -0.25) is 14.8 Å². The Morgan fingerprint density at radius 1 is 1.20 bits per heavy atom. The first-order valence-corrected chi connectivity index (χ1v) is 8.24. The molecule has 13 heteroatoms. The average Bonchev–Trinajstić information content (AvgIpc) is 3.22. The molecule has 3 N–H and O–H groups in total. The summed E-state index contributed by atoms with van der Waals surface area (Å²) in [6.45, 7) is -0.238. The number of aromatic nitrogens is 4. The number of pyridine rings is 2. The lowest BCUT2D eigenvalue weighted by Gasteiger charge is -2.08. The van der Waals surface area contributed by atoms with Crippen LogP contribution in [0.15, 0.2) is 41.2 Å². The Bertz CT molecular complexity index is 1050. The van der Waals surface area contributed by atoms with Gasteiger partial charge in [-0.2, -0.15) is 18.2 Å². The number of alkyl halides is 3. The van der Waals surface area contributed by atoms with Crippen molar-refractivity contribution in [1.29, 1.82) is 0 Å². The van der Waals surface area contributed by atoms with E-state index in [0.717, 1.165) is 0 Å². The van der Waals surface area contributed by atoms with Crippen LogP contribution < -0.4 is 11.1 Å². The van der Waals surface area contributed by atoms with Crippen molar-refractivity contribution < 1.29 is 32.0 Å². The molecular weight excluding hydrogens is 409 g/mol. The first-order chi connectivity index (χ1) is 14.2. The van der Waals surface area contributed by atoms with Crippen LogP contribution in [0.3, 0.4) is 0 Å². The third-order valence-electron chi connectivity index (χ3n) is 3.65. The normalized spacial score (nSPS) is 11.2. The fraction of sp³-hybridized carbons (Fsp3) is 0.176. The van der Waals surface area contributed by atoms with Gasteiger partial charge in [-0.25, -0.2) is 4.79 Å². The number of halogens is 3. The highest BCUT2D eigenvalue weighted by Crippen LogP contribution is 2.29. The highest BCUT2D eigenvalue weighted by Gasteiger charge is 2.38. The molecule has 156 valence electrons. The molecule has 0 atom stereocenters. The summed E-state index contributed by atoms with van der Waals surface area (Å²) in [7, 11) is 0. The van der Waals surface area contributed by atoms with Crippen LogP contribution in [0.2, 0.25) is 0 Å². The minimum absolute atomic E-state index is 0.00213. The second-order valence-electron chi connectivity index (χ2n) is 5.76. The number of nitrogens with two attached hydrogens (primary N) is 1. The number of hydrogen-bond acceptors (Lipinski definition) is 8. The van der Waals surface area contributed by atoms with Gasteiger partial charge >= 0.3 is 18.2 Å². The number of hydrogen-bond donors (Lipinski definition) is 2. The maximum Gasteiger partial charge on any atom is 0.471 e. The molecule has 3 rings (SSSR count). The van der Waals surface area contributed by atoms with E-state index in [1.807, 2.05) is 0 Å². The Morgan fingerprint density at radius 3 is 2.63 bits per heavy atom. The van der Waals surface area contributed by atoms with Gasteiger partial charge in [0.15, 0.2) is 0 Å². The van der Waals surface area contributed by atoms with Crippen LogP contribution >= 0.6 is 0 Å². The van der Waals surface area contributed by atoms with Crippen LogP contribution in [0.25, 0.3) is 11.4 Å². The molecule has 3 aromatic heterocycles. The number of ether oxygens (including phenoxy) is 1. The van der Waals surface area contributed by atoms with Gasteiger partial charge in [0.1, 0.15) is 12.3 Å². The maximum atomic E-state index is 12.5. The summed E-state index contributed by atoms with van der Waals surface area (Å²) in [5, 5.41) is 5.70. The minimum atomic E-state index is -4.74. The molecule has 0 aliphatic rings. The summed E-state index contributed by atoms with van der Waals surface area (Å²) in [4.78, 5) is 34.2. The lowest BCUT2D eigenvalue weighted by atomic mass is 10.2. The topological polar surface area (TPSA) is 146 Å². The van der Waals surface area contributed by atoms with Crippen molar-refractivity contribution in [1.82, 2.24) is 25.4 Å². The SMILES string of the molecule is NC(=O)c1ncccc1COC(=O)NCc1ccc(-c2noc(C(F)(F)F)n2)cn1. The van der Waals surface area contributed by atoms with E-state index >= 15 is 0 Å². The molecule has 3 aromatic rings. The van der Waals surface area contributed by atoms with E-state index in [4.69, 9.17) is 10.5 Å². The zero-order valence-corrected chi connectivity index (χ0v) is 15.0. The van der Waals surface area contributed by atoms with Crippen molar-refractivity contribution in [2.24, 2.45) is 5.73 Å². The number of nitrogens with zero attached hydrogens (tertiary/aromatic N) is 4. The molecule has 3 heterocycles. The lowest BCUT2D eigenvalue weighted by molar-refractivity contribution is -0.159. The number of amides is 2. The van der Waals surface area contributed by atoms with Crippen LogP contribution in [0.5, 0.6) is 0 Å². The van der Waals surface area contributed by atoms with Gasteiger partial charge in [0.05, 0.1) is 12.2 Å². The highest BCUT2D eigenvalue weighted by atomic mass is 19.4. The van der Waals surface area contributed by atoms with Crippen molar-refractivity contribution in [2.75, 3.05) is 0 Å². The predicted molar refractivity (Wildman–Crippen MR) is 92.3 cm³/mol. The van der Waals surface area contributed by atoms with Crippen molar-refractivity contribution in [3.63, 3.8) is 0 Å². The zero-order chi connectivity index (χ0) is 21.7. The van der Waals surface area contributed by atoms with E-state index in [1.54, 1.807) is 12.1 Å². The molecule has 0 unspecified atom stereocenters. The standard InChI is InChI=1S/C17H13F3N6O4/c18-17(19,20)15-25-14(26-30-15)9-3-4-11(23-6-9)7-24-16(28)29-8-10-2-1-5-22-12(10)13(21)27/h1-6H,7-8H2,(H2,21,27)(H,24,28). The third kappa shape index (κ3) is 5.06. The Hall–Kier alpha value is -4.03. The molecular formula is C17H13F3N6O4. The van der Waals surface area contributed by atoms with Gasteiger partial charge in [-0.05, 0) is 18.2 Å². The third-order valence-corrected chi connectivity index (χ3v) is 3.65. The fourth-order valence-corrected chi connectivity index (χ4v) is 2.25. The number of rotatable bonds is 6. The highest BCUT2D eigenvalue weighted by molar-refractivity contribution is 5.92. The Kier molecular flexibility index (Phi) is 5.90. The Balaban J connectivity index is 1.53. The van der Waals surface area contributed by atoms with Crippen molar-refractivity contribution in [3.05, 3.63) is 59.5 Å². The fourth-order valence-electron chi connectivity index (χ4n) is 2.25. The first kappa shape index (κ1) is 20.7. The van der Waals surface area contributed by atoms with Crippen LogP contribution in [-0.4, -0.2) is 32.1 Å². The van der Waals surface area contributed by atoms with Gasteiger partial charge in [0.25, 0.3) is 5.91 Å². The Morgan fingerprint density at radius 2 is 2.00 bits per heavy atom. The smallest absolute Gasteiger partial charge is 0.445 e. The summed E-state index contributed by atoms with van der Waals surface area (Å²) >= 11 is 0. The molecule has 0 saturated heterocycles. The number of alkyl carbamates (subject to hydrolysis) is 1. The van der Waals surface area contributed by atoms with Crippen LogP contribution in [0.4, 0.5) is 18.0 Å². The maximum absolute atomic E-state index is 12.5. The van der Waals surface area contributed by atoms with Gasteiger partial charge in [0, 0.05) is 23.5 Å². The molecule has 10 nitrogen and oxygen atoms in total. The second kappa shape index (κ2) is 8.55. The van der Waals surface area contributed by atoms with Crippen molar-refractivity contribution in [2.45, 2.75) is 19.3 Å². The minimum Gasteiger partial charge on any atom is -0.445 e. The quantitative estimate of drug-likeness (QED) is 0.614. The number of primary amides is 1. The molecule has 2 amide bonds. The molecule has 0 aliphatic carbocycles. The first-order valence-electron chi connectivity index (χ1n) is 8.24. The average molecular weight is 422 g/mol. The predicted octanol–water partition coefficient (Wildman–Crippen LogP) is 2.07. The lowest BCUT2D eigenvalue weighted by Crippen LogP contribution is -2.25. The summed E-state index contributed by atoms with van der Waals surface area (Å²) in [5.41, 5.74) is 6.14.